The molecule has 0 aliphatic heterocycles. The lowest BCUT2D eigenvalue weighted by molar-refractivity contribution is 0.102. The number of nitrogens with one attached hydrogen (secondary N) is 1. The Kier molecular flexibility index (Phi) is 4.02. The molecule has 0 fully saturated rings. The molecule has 0 spiro atoms. The summed E-state index contributed by atoms with van der Waals surface area (Å²) in [5, 5.41) is 2.43. The molecule has 0 heterocycles. The van der Waals surface area contributed by atoms with E-state index in [-0.39, 0.29) is 10.7 Å². The van der Waals surface area contributed by atoms with Crippen LogP contribution in [-0.2, 0) is 0 Å². The Morgan fingerprint density at radius 3 is 2.74 bits per heavy atom. The normalized spacial score (nSPS) is 10.1. The van der Waals surface area contributed by atoms with Gasteiger partial charge >= 0.3 is 0 Å². The van der Waals surface area contributed by atoms with E-state index in [0.717, 1.165) is 0 Å². The van der Waals surface area contributed by atoms with Crippen molar-refractivity contribution < 1.29 is 13.9 Å². The monoisotopic (exact) mass is 279 g/mol. The van der Waals surface area contributed by atoms with E-state index in [1.807, 2.05) is 0 Å². The molecule has 0 aromatic heterocycles. The first-order valence-corrected chi connectivity index (χ1v) is 5.89. The van der Waals surface area contributed by atoms with Crippen LogP contribution in [0, 0.1) is 5.82 Å². The molecule has 19 heavy (non-hydrogen) atoms. The summed E-state index contributed by atoms with van der Waals surface area (Å²) < 4.78 is 18.7. The van der Waals surface area contributed by atoms with Crippen LogP contribution in [0.25, 0.3) is 0 Å². The Hall–Kier alpha value is -2.07. The van der Waals surface area contributed by atoms with Crippen molar-refractivity contribution in [2.24, 2.45) is 0 Å². The Morgan fingerprint density at radius 2 is 2.00 bits per heavy atom. The average Bonchev–Trinajstić information content (AvgIpc) is 2.44. The van der Waals surface area contributed by atoms with Crippen molar-refractivity contribution in [2.75, 3.05) is 12.4 Å². The molecule has 0 unspecified atom stereocenters. The van der Waals surface area contributed by atoms with Crippen molar-refractivity contribution in [3.05, 3.63) is 58.9 Å². The number of carbonyl (C=O) groups is 1. The molecule has 0 saturated carbocycles. The van der Waals surface area contributed by atoms with E-state index in [1.165, 1.54) is 19.2 Å². The van der Waals surface area contributed by atoms with Crippen LogP contribution in [0.2, 0.25) is 5.02 Å². The molecule has 0 radical (unpaired) electrons. The van der Waals surface area contributed by atoms with Crippen molar-refractivity contribution in [3.8, 4) is 5.75 Å². The maximum Gasteiger partial charge on any atom is 0.255 e. The quantitative estimate of drug-likeness (QED) is 0.929. The smallest absolute Gasteiger partial charge is 0.255 e. The molecule has 98 valence electrons. The fourth-order valence-corrected chi connectivity index (χ4v) is 1.73. The molecule has 0 atom stereocenters. The topological polar surface area (TPSA) is 38.3 Å². The molecular formula is C14H11ClFNO2. The summed E-state index contributed by atoms with van der Waals surface area (Å²) in [4.78, 5) is 12.0. The highest BCUT2D eigenvalue weighted by Gasteiger charge is 2.11. The molecule has 1 N–H and O–H groups in total. The SMILES string of the molecule is COc1cccc(C(=O)Nc2cccc(Cl)c2F)c1. The molecule has 2 aromatic carbocycles. The van der Waals surface area contributed by atoms with E-state index in [2.05, 4.69) is 5.32 Å². The average molecular weight is 280 g/mol. The third-order valence-electron chi connectivity index (χ3n) is 2.53. The van der Waals surface area contributed by atoms with Crippen LogP contribution < -0.4 is 10.1 Å². The van der Waals surface area contributed by atoms with E-state index in [4.69, 9.17) is 16.3 Å². The molecule has 2 aromatic rings. The van der Waals surface area contributed by atoms with Gasteiger partial charge in [0.2, 0.25) is 0 Å². The third kappa shape index (κ3) is 3.03. The largest absolute Gasteiger partial charge is 0.497 e. The van der Waals surface area contributed by atoms with Crippen LogP contribution in [0.4, 0.5) is 10.1 Å². The minimum Gasteiger partial charge on any atom is -0.497 e. The van der Waals surface area contributed by atoms with Crippen LogP contribution in [0.3, 0.4) is 0 Å². The summed E-state index contributed by atoms with van der Waals surface area (Å²) in [6, 6.07) is 11.0. The highest BCUT2D eigenvalue weighted by Crippen LogP contribution is 2.23. The van der Waals surface area contributed by atoms with Gasteiger partial charge in [-0.25, -0.2) is 4.39 Å². The van der Waals surface area contributed by atoms with Gasteiger partial charge in [-0.05, 0) is 30.3 Å². The zero-order chi connectivity index (χ0) is 13.8. The van der Waals surface area contributed by atoms with E-state index in [1.54, 1.807) is 30.3 Å². The molecule has 3 nitrogen and oxygen atoms in total. The second-order valence-corrected chi connectivity index (χ2v) is 4.19. The molecule has 2 rings (SSSR count). The Balaban J connectivity index is 2.23. The molecule has 0 aliphatic carbocycles. The van der Waals surface area contributed by atoms with Gasteiger partial charge in [0, 0.05) is 5.56 Å². The number of ether oxygens (including phenoxy) is 1. The van der Waals surface area contributed by atoms with Gasteiger partial charge in [-0.2, -0.15) is 0 Å². The van der Waals surface area contributed by atoms with Gasteiger partial charge in [0.1, 0.15) is 5.75 Å². The minimum atomic E-state index is -0.652. The molecule has 0 saturated heterocycles. The number of carbonyl (C=O) groups excluding carboxylic acids is 1. The van der Waals surface area contributed by atoms with Crippen molar-refractivity contribution in [2.45, 2.75) is 0 Å². The first kappa shape index (κ1) is 13.4. The standard InChI is InChI=1S/C14H11ClFNO2/c1-19-10-5-2-4-9(8-10)14(18)17-12-7-3-6-11(15)13(12)16/h2-8H,1H3,(H,17,18). The summed E-state index contributed by atoms with van der Waals surface area (Å²) in [6.07, 6.45) is 0. The van der Waals surface area contributed by atoms with E-state index in [0.29, 0.717) is 11.3 Å². The molecule has 5 heteroatoms. The first-order valence-electron chi connectivity index (χ1n) is 5.51. The lowest BCUT2D eigenvalue weighted by atomic mass is 10.2. The van der Waals surface area contributed by atoms with Gasteiger partial charge in [0.15, 0.2) is 5.82 Å². The summed E-state index contributed by atoms with van der Waals surface area (Å²) in [7, 11) is 1.51. The van der Waals surface area contributed by atoms with Gasteiger partial charge in [-0.15, -0.1) is 0 Å². The van der Waals surface area contributed by atoms with E-state index < -0.39 is 11.7 Å². The summed E-state index contributed by atoms with van der Waals surface area (Å²) in [6.45, 7) is 0. The van der Waals surface area contributed by atoms with Gasteiger partial charge in [0.05, 0.1) is 17.8 Å². The van der Waals surface area contributed by atoms with E-state index in [9.17, 15) is 9.18 Å². The number of methoxy groups -OCH3 is 1. The molecular weight excluding hydrogens is 269 g/mol. The van der Waals surface area contributed by atoms with Crippen LogP contribution in [0.15, 0.2) is 42.5 Å². The summed E-state index contributed by atoms with van der Waals surface area (Å²) in [5.74, 6) is -0.528. The van der Waals surface area contributed by atoms with Crippen LogP contribution in [0.1, 0.15) is 10.4 Å². The minimum absolute atomic E-state index is 0.0385. The second-order valence-electron chi connectivity index (χ2n) is 3.79. The fraction of sp³-hybridized carbons (Fsp3) is 0.0714. The second kappa shape index (κ2) is 5.71. The van der Waals surface area contributed by atoms with Crippen molar-refractivity contribution in [3.63, 3.8) is 0 Å². The Labute approximate surface area is 115 Å². The Bertz CT molecular complexity index is 616. The zero-order valence-electron chi connectivity index (χ0n) is 10.1. The lowest BCUT2D eigenvalue weighted by Gasteiger charge is -2.08. The lowest BCUT2D eigenvalue weighted by Crippen LogP contribution is -2.13. The number of rotatable bonds is 3. The van der Waals surface area contributed by atoms with Gasteiger partial charge in [-0.3, -0.25) is 4.79 Å². The Morgan fingerprint density at radius 1 is 1.26 bits per heavy atom. The maximum atomic E-state index is 13.7. The predicted molar refractivity (Wildman–Crippen MR) is 72.4 cm³/mol. The van der Waals surface area contributed by atoms with Gasteiger partial charge < -0.3 is 10.1 Å². The highest BCUT2D eigenvalue weighted by molar-refractivity contribution is 6.31. The molecule has 0 aliphatic rings. The number of hydrogen-bond acceptors (Lipinski definition) is 2. The van der Waals surface area contributed by atoms with Crippen molar-refractivity contribution in [1.82, 2.24) is 0 Å². The summed E-state index contributed by atoms with van der Waals surface area (Å²) in [5.41, 5.74) is 0.416. The van der Waals surface area contributed by atoms with Gasteiger partial charge in [0.25, 0.3) is 5.91 Å². The van der Waals surface area contributed by atoms with Crippen molar-refractivity contribution >= 4 is 23.2 Å². The highest BCUT2D eigenvalue weighted by atomic mass is 35.5. The zero-order valence-corrected chi connectivity index (χ0v) is 10.9. The third-order valence-corrected chi connectivity index (χ3v) is 2.82. The fourth-order valence-electron chi connectivity index (χ4n) is 1.56. The number of halogens is 2. The number of hydrogen-bond donors (Lipinski definition) is 1. The number of amides is 1. The molecule has 0 bridgehead atoms. The molecule has 1 amide bonds. The summed E-state index contributed by atoms with van der Waals surface area (Å²) >= 11 is 5.64. The number of anilines is 1. The van der Waals surface area contributed by atoms with Crippen LogP contribution >= 0.6 is 11.6 Å². The first-order chi connectivity index (χ1) is 9.11. The predicted octanol–water partition coefficient (Wildman–Crippen LogP) is 3.74. The van der Waals surface area contributed by atoms with Crippen LogP contribution in [0.5, 0.6) is 5.75 Å². The van der Waals surface area contributed by atoms with Gasteiger partial charge in [-0.1, -0.05) is 23.7 Å². The maximum absolute atomic E-state index is 13.7. The van der Waals surface area contributed by atoms with Crippen LogP contribution in [-0.4, -0.2) is 13.0 Å². The number of benzene rings is 2. The van der Waals surface area contributed by atoms with E-state index >= 15 is 0 Å². The van der Waals surface area contributed by atoms with Crippen molar-refractivity contribution in [1.29, 1.82) is 0 Å².